The second-order valence-corrected chi connectivity index (χ2v) is 5.22. The zero-order chi connectivity index (χ0) is 13.7. The second kappa shape index (κ2) is 6.68. The topological polar surface area (TPSA) is 55.2 Å². The van der Waals surface area contributed by atoms with Gasteiger partial charge in [-0.05, 0) is 43.4 Å². The minimum absolute atomic E-state index is 0.0850. The maximum Gasteiger partial charge on any atom is 0.269 e. The normalized spacial score (nSPS) is 18.5. The Morgan fingerprint density at radius 2 is 2.26 bits per heavy atom. The summed E-state index contributed by atoms with van der Waals surface area (Å²) in [4.78, 5) is 10.3. The Morgan fingerprint density at radius 3 is 2.95 bits per heavy atom. The average Bonchev–Trinajstić information content (AvgIpc) is 2.42. The van der Waals surface area contributed by atoms with E-state index in [2.05, 4.69) is 17.5 Å². The Bertz CT molecular complexity index is 488. The number of rotatable bonds is 5. The maximum atomic E-state index is 10.7. The average molecular weight is 281 g/mol. The Labute approximate surface area is 117 Å². The minimum Gasteiger partial charge on any atom is -0.312 e. The molecule has 0 fully saturated rings. The van der Waals surface area contributed by atoms with E-state index < -0.39 is 4.92 Å². The highest BCUT2D eigenvalue weighted by atomic mass is 35.5. The lowest BCUT2D eigenvalue weighted by Crippen LogP contribution is -2.23. The maximum absolute atomic E-state index is 10.7. The number of hydrogen-bond acceptors (Lipinski definition) is 3. The molecule has 0 spiro atoms. The summed E-state index contributed by atoms with van der Waals surface area (Å²) in [5, 5.41) is 14.6. The molecule has 0 saturated heterocycles. The van der Waals surface area contributed by atoms with Crippen molar-refractivity contribution < 1.29 is 4.92 Å². The van der Waals surface area contributed by atoms with Gasteiger partial charge in [-0.3, -0.25) is 10.1 Å². The second-order valence-electron chi connectivity index (χ2n) is 4.81. The summed E-state index contributed by atoms with van der Waals surface area (Å²) in [6.45, 7) is 1.49. The summed E-state index contributed by atoms with van der Waals surface area (Å²) in [5.74, 6) is 0.655. The van der Waals surface area contributed by atoms with Gasteiger partial charge >= 0.3 is 0 Å². The van der Waals surface area contributed by atoms with Gasteiger partial charge in [0.2, 0.25) is 0 Å². The van der Waals surface area contributed by atoms with Crippen LogP contribution in [-0.4, -0.2) is 11.5 Å². The minimum atomic E-state index is -0.397. The Balaban J connectivity index is 1.89. The number of nitro groups is 1. The Kier molecular flexibility index (Phi) is 4.93. The predicted molar refractivity (Wildman–Crippen MR) is 76.3 cm³/mol. The number of benzene rings is 1. The van der Waals surface area contributed by atoms with Crippen LogP contribution in [0.1, 0.15) is 24.8 Å². The first-order chi connectivity index (χ1) is 9.16. The third kappa shape index (κ3) is 4.04. The van der Waals surface area contributed by atoms with Crippen LogP contribution in [0.4, 0.5) is 5.69 Å². The van der Waals surface area contributed by atoms with Crippen LogP contribution in [0.25, 0.3) is 0 Å². The van der Waals surface area contributed by atoms with Gasteiger partial charge in [0.1, 0.15) is 0 Å². The molecule has 19 heavy (non-hydrogen) atoms. The SMILES string of the molecule is O=[N+]([O-])c1ccc(Cl)c(CNCC2CC=CCC2)c1. The quantitative estimate of drug-likeness (QED) is 0.508. The molecule has 2 rings (SSSR count). The van der Waals surface area contributed by atoms with Crippen molar-refractivity contribution >= 4 is 17.3 Å². The highest BCUT2D eigenvalue weighted by molar-refractivity contribution is 6.31. The van der Waals surface area contributed by atoms with Crippen LogP contribution in [0.3, 0.4) is 0 Å². The van der Waals surface area contributed by atoms with Crippen molar-refractivity contribution in [3.63, 3.8) is 0 Å². The molecule has 4 nitrogen and oxygen atoms in total. The molecule has 0 radical (unpaired) electrons. The molecular weight excluding hydrogens is 264 g/mol. The third-order valence-electron chi connectivity index (χ3n) is 3.37. The first-order valence-electron chi connectivity index (χ1n) is 6.45. The zero-order valence-electron chi connectivity index (χ0n) is 10.6. The van der Waals surface area contributed by atoms with Crippen molar-refractivity contribution in [2.45, 2.75) is 25.8 Å². The van der Waals surface area contributed by atoms with Crippen molar-refractivity contribution in [2.24, 2.45) is 5.92 Å². The van der Waals surface area contributed by atoms with E-state index in [1.165, 1.54) is 18.6 Å². The molecule has 0 saturated carbocycles. The van der Waals surface area contributed by atoms with E-state index in [0.717, 1.165) is 24.9 Å². The van der Waals surface area contributed by atoms with Crippen LogP contribution in [0.15, 0.2) is 30.4 Å². The van der Waals surface area contributed by atoms with Crippen molar-refractivity contribution in [1.82, 2.24) is 5.32 Å². The van der Waals surface area contributed by atoms with Gasteiger partial charge in [-0.25, -0.2) is 0 Å². The van der Waals surface area contributed by atoms with Gasteiger partial charge < -0.3 is 5.32 Å². The van der Waals surface area contributed by atoms with Crippen LogP contribution in [0.5, 0.6) is 0 Å². The fourth-order valence-electron chi connectivity index (χ4n) is 2.26. The molecule has 1 atom stereocenters. The van der Waals surface area contributed by atoms with Gasteiger partial charge in [0, 0.05) is 23.7 Å². The summed E-state index contributed by atoms with van der Waals surface area (Å²) in [6, 6.07) is 4.55. The molecule has 5 heteroatoms. The number of allylic oxidation sites excluding steroid dienone is 2. The van der Waals surface area contributed by atoms with Gasteiger partial charge in [0.25, 0.3) is 5.69 Å². The Morgan fingerprint density at radius 1 is 1.42 bits per heavy atom. The van der Waals surface area contributed by atoms with E-state index in [-0.39, 0.29) is 5.69 Å². The first-order valence-corrected chi connectivity index (χ1v) is 6.83. The van der Waals surface area contributed by atoms with E-state index >= 15 is 0 Å². The lowest BCUT2D eigenvalue weighted by Gasteiger charge is -2.18. The van der Waals surface area contributed by atoms with E-state index in [0.29, 0.717) is 17.5 Å². The van der Waals surface area contributed by atoms with Crippen LogP contribution in [0, 0.1) is 16.0 Å². The summed E-state index contributed by atoms with van der Waals surface area (Å²) in [6.07, 6.45) is 7.88. The number of halogens is 1. The third-order valence-corrected chi connectivity index (χ3v) is 3.73. The molecular formula is C14H17ClN2O2. The molecule has 0 aliphatic heterocycles. The largest absolute Gasteiger partial charge is 0.312 e. The molecule has 1 aliphatic carbocycles. The van der Waals surface area contributed by atoms with Gasteiger partial charge in [0.15, 0.2) is 0 Å². The smallest absolute Gasteiger partial charge is 0.269 e. The van der Waals surface area contributed by atoms with Crippen LogP contribution in [0.2, 0.25) is 5.02 Å². The van der Waals surface area contributed by atoms with E-state index in [1.54, 1.807) is 6.07 Å². The number of hydrogen-bond donors (Lipinski definition) is 1. The molecule has 102 valence electrons. The molecule has 1 unspecified atom stereocenters. The van der Waals surface area contributed by atoms with Gasteiger partial charge in [-0.15, -0.1) is 0 Å². The highest BCUT2D eigenvalue weighted by Crippen LogP contribution is 2.22. The van der Waals surface area contributed by atoms with Gasteiger partial charge in [-0.1, -0.05) is 23.8 Å². The predicted octanol–water partition coefficient (Wildman–Crippen LogP) is 3.69. The van der Waals surface area contributed by atoms with Crippen LogP contribution in [-0.2, 0) is 6.54 Å². The number of nitro benzene ring substituents is 1. The van der Waals surface area contributed by atoms with E-state index in [1.807, 2.05) is 0 Å². The summed E-state index contributed by atoms with van der Waals surface area (Å²) < 4.78 is 0. The van der Waals surface area contributed by atoms with Crippen molar-refractivity contribution in [2.75, 3.05) is 6.54 Å². The Hall–Kier alpha value is -1.39. The fourth-order valence-corrected chi connectivity index (χ4v) is 2.45. The van der Waals surface area contributed by atoms with Crippen molar-refractivity contribution in [3.05, 3.63) is 51.1 Å². The lowest BCUT2D eigenvalue weighted by atomic mass is 9.94. The molecule has 1 N–H and O–H groups in total. The monoisotopic (exact) mass is 280 g/mol. The van der Waals surface area contributed by atoms with E-state index in [4.69, 9.17) is 11.6 Å². The lowest BCUT2D eigenvalue weighted by molar-refractivity contribution is -0.384. The van der Waals surface area contributed by atoms with Crippen molar-refractivity contribution in [1.29, 1.82) is 0 Å². The molecule has 0 aromatic heterocycles. The molecule has 1 aliphatic rings. The first kappa shape index (κ1) is 14.0. The van der Waals surface area contributed by atoms with Crippen LogP contribution >= 0.6 is 11.6 Å². The molecule has 0 bridgehead atoms. The summed E-state index contributed by atoms with van der Waals surface area (Å²) >= 11 is 6.05. The van der Waals surface area contributed by atoms with Gasteiger partial charge in [-0.2, -0.15) is 0 Å². The zero-order valence-corrected chi connectivity index (χ0v) is 11.4. The summed E-state index contributed by atoms with van der Waals surface area (Å²) in [5.41, 5.74) is 0.865. The molecule has 1 aromatic carbocycles. The van der Waals surface area contributed by atoms with E-state index in [9.17, 15) is 10.1 Å². The molecule has 0 heterocycles. The molecule has 0 amide bonds. The number of nitrogens with one attached hydrogen (secondary N) is 1. The number of nitrogens with zero attached hydrogens (tertiary/aromatic N) is 1. The highest BCUT2D eigenvalue weighted by Gasteiger charge is 2.12. The summed E-state index contributed by atoms with van der Waals surface area (Å²) in [7, 11) is 0. The van der Waals surface area contributed by atoms with Crippen LogP contribution < -0.4 is 5.32 Å². The fraction of sp³-hybridized carbons (Fsp3) is 0.429. The standard InChI is InChI=1S/C14H17ClN2O2/c15-14-7-6-13(17(18)19)8-12(14)10-16-9-11-4-2-1-3-5-11/h1-2,6-8,11,16H,3-5,9-10H2. The number of non-ortho nitro benzene ring substituents is 1. The molecule has 1 aromatic rings. The van der Waals surface area contributed by atoms with Gasteiger partial charge in [0.05, 0.1) is 4.92 Å². The van der Waals surface area contributed by atoms with Crippen molar-refractivity contribution in [3.8, 4) is 0 Å².